The van der Waals surface area contributed by atoms with Crippen molar-refractivity contribution >= 4 is 91.9 Å². The molecule has 0 saturated carbocycles. The van der Waals surface area contributed by atoms with Crippen LogP contribution in [0.3, 0.4) is 0 Å². The van der Waals surface area contributed by atoms with E-state index < -0.39 is 0 Å². The Labute approximate surface area is 121 Å². The van der Waals surface area contributed by atoms with E-state index in [0.29, 0.717) is 0 Å². The minimum Gasteiger partial charge on any atom is -0.870 e. The van der Waals surface area contributed by atoms with E-state index in [0.717, 1.165) is 0 Å². The molecule has 0 spiro atoms. The predicted octanol–water partition coefficient (Wildman–Crippen LogP) is -2.15. The van der Waals surface area contributed by atoms with Gasteiger partial charge in [0.25, 0.3) is 0 Å². The van der Waals surface area contributed by atoms with E-state index >= 15 is 0 Å². The molecule has 6 heteroatoms. The quantitative estimate of drug-likeness (QED) is 0.385. The Kier molecular flexibility index (Phi) is 366. The summed E-state index contributed by atoms with van der Waals surface area (Å²) >= 11 is 0. The molecule has 0 atom stereocenters. The first kappa shape index (κ1) is 56.2. The van der Waals surface area contributed by atoms with Crippen LogP contribution in [0.2, 0.25) is 0 Å². The van der Waals surface area contributed by atoms with Crippen LogP contribution in [0.25, 0.3) is 0 Å². The second-order valence-electron chi connectivity index (χ2n) is 0. The van der Waals surface area contributed by atoms with Gasteiger partial charge in [-0.15, -0.1) is 0 Å². The minimum atomic E-state index is 0. The minimum absolute atomic E-state index is 0. The van der Waals surface area contributed by atoms with E-state index in [4.69, 9.17) is 0 Å². The van der Waals surface area contributed by atoms with Crippen LogP contribution in [0.1, 0.15) is 0 Å². The van der Waals surface area contributed by atoms with E-state index in [-0.39, 0.29) is 125 Å². The zero-order valence-electron chi connectivity index (χ0n) is 3.95. The van der Waals surface area contributed by atoms with E-state index in [1.807, 2.05) is 0 Å². The summed E-state index contributed by atoms with van der Waals surface area (Å²) in [5.41, 5.74) is 0. The van der Waals surface area contributed by atoms with Gasteiger partial charge >= 0.3 is 0 Å². The van der Waals surface area contributed by atoms with Gasteiger partial charge in [-0.2, -0.15) is 0 Å². The van der Waals surface area contributed by atoms with E-state index in [2.05, 4.69) is 0 Å². The van der Waals surface area contributed by atoms with Crippen molar-refractivity contribution in [2.24, 2.45) is 0 Å². The van der Waals surface area contributed by atoms with Crippen molar-refractivity contribution in [3.63, 3.8) is 0 Å². The zero-order valence-corrected chi connectivity index (χ0v) is 11.6. The molecule has 0 amide bonds. The van der Waals surface area contributed by atoms with Crippen LogP contribution in [0, 0.1) is 0 Å². The molecule has 0 aliphatic carbocycles. The van der Waals surface area contributed by atoms with Crippen LogP contribution >= 0.6 is 0 Å². The first-order valence-corrected chi connectivity index (χ1v) is 0. The molecule has 0 aromatic heterocycles. The number of rotatable bonds is 0. The maximum atomic E-state index is 0. The van der Waals surface area contributed by atoms with Crippen LogP contribution in [-0.2, 0) is 21.7 Å². The van der Waals surface area contributed by atoms with Crippen molar-refractivity contribution in [2.75, 3.05) is 0 Å². The molecule has 0 aliphatic rings. The van der Waals surface area contributed by atoms with E-state index in [1.54, 1.807) is 0 Å². The third kappa shape index (κ3) is 25.9. The normalized spacial score (nSPS) is 0. The molecule has 0 fully saturated rings. The van der Waals surface area contributed by atoms with Gasteiger partial charge in [-0.3, -0.25) is 0 Å². The van der Waals surface area contributed by atoms with Crippen LogP contribution in [0.15, 0.2) is 0 Å². The van der Waals surface area contributed by atoms with Crippen LogP contribution in [-0.4, -0.2) is 103 Å². The fourth-order valence-corrected chi connectivity index (χ4v) is 0. The summed E-state index contributed by atoms with van der Waals surface area (Å²) in [5, 5.41) is 0. The SMILES string of the molecule is O.[K].[Na].[OH-].[Si].[Ti]. The molecule has 0 heterocycles. The second kappa shape index (κ2) is 39.1. The first-order chi connectivity index (χ1) is 0. The topological polar surface area (TPSA) is 61.5 Å². The zero-order chi connectivity index (χ0) is 0. The molecule has 6 heavy (non-hydrogen) atoms. The summed E-state index contributed by atoms with van der Waals surface area (Å²) in [6.07, 6.45) is 0. The van der Waals surface area contributed by atoms with Crippen molar-refractivity contribution < 1.29 is 32.7 Å². The average Bonchev–Trinajstić information content (AvgIpc) is 0. The molecule has 0 bridgehead atoms. The molecule has 0 rings (SSSR count). The second-order valence-corrected chi connectivity index (χ2v) is 0. The monoisotopic (exact) mass is 173 g/mol. The Morgan fingerprint density at radius 2 is 1.00 bits per heavy atom. The predicted molar refractivity (Wildman–Crippen MR) is 22.8 cm³/mol. The average molecular weight is 173 g/mol. The molecule has 2 nitrogen and oxygen atoms in total. The van der Waals surface area contributed by atoms with Gasteiger partial charge in [0.15, 0.2) is 0 Å². The van der Waals surface area contributed by atoms with Gasteiger partial charge < -0.3 is 11.0 Å². The molecule has 0 aromatic carbocycles. The summed E-state index contributed by atoms with van der Waals surface area (Å²) in [7, 11) is 0. The molecule has 0 unspecified atom stereocenters. The largest absolute Gasteiger partial charge is 0.870 e. The Morgan fingerprint density at radius 1 is 1.00 bits per heavy atom. The molecular formula is H3KNaO2SiTi-. The van der Waals surface area contributed by atoms with Gasteiger partial charge in [-0.1, -0.05) is 0 Å². The van der Waals surface area contributed by atoms with Crippen molar-refractivity contribution in [3.8, 4) is 0 Å². The molecular weight excluding hydrogens is 170 g/mol. The van der Waals surface area contributed by atoms with Crippen molar-refractivity contribution in [2.45, 2.75) is 0 Å². The summed E-state index contributed by atoms with van der Waals surface area (Å²) in [6, 6.07) is 0. The molecule has 6 radical (unpaired) electrons. The Morgan fingerprint density at radius 3 is 1.00 bits per heavy atom. The van der Waals surface area contributed by atoms with Gasteiger partial charge in [0, 0.05) is 114 Å². The van der Waals surface area contributed by atoms with Gasteiger partial charge in [0.2, 0.25) is 0 Å². The van der Waals surface area contributed by atoms with E-state index in [1.165, 1.54) is 0 Å². The third-order valence-corrected chi connectivity index (χ3v) is 0. The Balaban J connectivity index is 0. The maximum absolute atomic E-state index is 0. The fourth-order valence-electron chi connectivity index (χ4n) is 0. The van der Waals surface area contributed by atoms with Gasteiger partial charge in [-0.25, -0.2) is 0 Å². The van der Waals surface area contributed by atoms with Crippen LogP contribution in [0.5, 0.6) is 0 Å². The smallest absolute Gasteiger partial charge is 0 e. The van der Waals surface area contributed by atoms with Crippen molar-refractivity contribution in [1.82, 2.24) is 0 Å². The number of hydrogen-bond donors (Lipinski definition) is 0. The van der Waals surface area contributed by atoms with Crippen LogP contribution in [0.4, 0.5) is 0 Å². The molecule has 0 aliphatic heterocycles. The van der Waals surface area contributed by atoms with Crippen molar-refractivity contribution in [3.05, 3.63) is 0 Å². The summed E-state index contributed by atoms with van der Waals surface area (Å²) in [6.45, 7) is 0. The fraction of sp³-hybridized carbons (Fsp3) is 0. The van der Waals surface area contributed by atoms with Gasteiger partial charge in [-0.05, 0) is 0 Å². The summed E-state index contributed by atoms with van der Waals surface area (Å²) in [5.74, 6) is 0. The molecule has 0 aromatic rings. The number of hydrogen-bond acceptors (Lipinski definition) is 1. The molecule has 0 saturated heterocycles. The summed E-state index contributed by atoms with van der Waals surface area (Å²) < 4.78 is 0. The van der Waals surface area contributed by atoms with E-state index in [9.17, 15) is 0 Å². The summed E-state index contributed by atoms with van der Waals surface area (Å²) in [4.78, 5) is 0. The van der Waals surface area contributed by atoms with Gasteiger partial charge in [0.1, 0.15) is 0 Å². The Hall–Kier alpha value is 3.49. The van der Waals surface area contributed by atoms with Gasteiger partial charge in [0.05, 0.1) is 0 Å². The standard InChI is InChI=1S/K.Na.2H2O.Si.Ti/h;;2*1H2;;/p-1. The molecule has 26 valence electrons. The van der Waals surface area contributed by atoms with Crippen LogP contribution < -0.4 is 0 Å². The Bertz CT molecular complexity index is 13.5. The molecule has 3 N–H and O–H groups in total. The first-order valence-electron chi connectivity index (χ1n) is 0. The third-order valence-electron chi connectivity index (χ3n) is 0. The van der Waals surface area contributed by atoms with Crippen molar-refractivity contribution in [1.29, 1.82) is 0 Å². The maximum Gasteiger partial charge on any atom is 0 e.